The van der Waals surface area contributed by atoms with E-state index in [1.807, 2.05) is 0 Å². The van der Waals surface area contributed by atoms with Crippen LogP contribution in [0.2, 0.25) is 5.02 Å². The zero-order chi connectivity index (χ0) is 22.0. The van der Waals surface area contributed by atoms with Crippen molar-refractivity contribution in [3.63, 3.8) is 0 Å². The lowest BCUT2D eigenvalue weighted by Crippen LogP contribution is -2.27. The number of nitrogens with one attached hydrogen (secondary N) is 1. The lowest BCUT2D eigenvalue weighted by molar-refractivity contribution is -0.143. The number of alkyl halides is 3. The summed E-state index contributed by atoms with van der Waals surface area (Å²) in [6.45, 7) is 6.26. The van der Waals surface area contributed by atoms with Crippen molar-refractivity contribution in [1.82, 2.24) is 14.8 Å². The van der Waals surface area contributed by atoms with Gasteiger partial charge in [0, 0.05) is 0 Å². The topological polar surface area (TPSA) is 95.3 Å². The molecule has 0 radical (unpaired) electrons. The molecule has 0 aliphatic heterocycles. The summed E-state index contributed by atoms with van der Waals surface area (Å²) >= 11 is 5.97. The van der Waals surface area contributed by atoms with Crippen LogP contribution >= 0.6 is 11.6 Å². The summed E-state index contributed by atoms with van der Waals surface area (Å²) in [6.07, 6.45) is -5.09. The molecule has 1 amide bonds. The highest BCUT2D eigenvalue weighted by atomic mass is 35.5. The normalized spacial score (nSPS) is 11.9. The largest absolute Gasteiger partial charge is 0.462 e. The molecule has 0 aromatic carbocycles. The third-order valence-corrected chi connectivity index (χ3v) is 3.51. The van der Waals surface area contributed by atoms with Gasteiger partial charge in [0.15, 0.2) is 17.3 Å². The first-order chi connectivity index (χ1) is 13.3. The van der Waals surface area contributed by atoms with Gasteiger partial charge in [-0.25, -0.2) is 19.3 Å². The lowest BCUT2D eigenvalue weighted by Gasteiger charge is -2.20. The van der Waals surface area contributed by atoms with Gasteiger partial charge in [-0.2, -0.15) is 18.3 Å². The van der Waals surface area contributed by atoms with E-state index in [1.54, 1.807) is 20.8 Å². The van der Waals surface area contributed by atoms with Gasteiger partial charge in [0.25, 0.3) is 0 Å². The average Bonchev–Trinajstić information content (AvgIpc) is 3.01. The second-order valence-corrected chi connectivity index (χ2v) is 7.07. The van der Waals surface area contributed by atoms with Crippen molar-refractivity contribution in [2.75, 3.05) is 11.9 Å². The van der Waals surface area contributed by atoms with Crippen molar-refractivity contribution in [1.29, 1.82) is 0 Å². The third kappa shape index (κ3) is 5.59. The number of aromatic nitrogens is 3. The molecule has 2 rings (SSSR count). The second-order valence-electron chi connectivity index (χ2n) is 6.66. The molecule has 2 aromatic rings. The van der Waals surface area contributed by atoms with Gasteiger partial charge in [-0.1, -0.05) is 11.6 Å². The number of hydrogen-bond acceptors (Lipinski definition) is 6. The third-order valence-electron chi connectivity index (χ3n) is 3.20. The van der Waals surface area contributed by atoms with Crippen molar-refractivity contribution < 1.29 is 32.2 Å². The van der Waals surface area contributed by atoms with Crippen molar-refractivity contribution in [2.45, 2.75) is 39.5 Å². The predicted molar refractivity (Wildman–Crippen MR) is 97.2 cm³/mol. The van der Waals surface area contributed by atoms with Crippen LogP contribution in [0, 0.1) is 0 Å². The fourth-order valence-corrected chi connectivity index (χ4v) is 2.34. The molecule has 0 aliphatic carbocycles. The molecule has 8 nitrogen and oxygen atoms in total. The minimum Gasteiger partial charge on any atom is -0.462 e. The van der Waals surface area contributed by atoms with Crippen LogP contribution in [0.5, 0.6) is 0 Å². The van der Waals surface area contributed by atoms with E-state index in [9.17, 15) is 22.8 Å². The van der Waals surface area contributed by atoms with Gasteiger partial charge in [0.05, 0.1) is 17.8 Å². The van der Waals surface area contributed by atoms with Crippen LogP contribution in [0.25, 0.3) is 5.82 Å². The zero-order valence-corrected chi connectivity index (χ0v) is 16.7. The maximum absolute atomic E-state index is 13.6. The van der Waals surface area contributed by atoms with Crippen molar-refractivity contribution >= 4 is 29.5 Å². The molecule has 0 aliphatic rings. The van der Waals surface area contributed by atoms with Gasteiger partial charge in [0.2, 0.25) is 0 Å². The molecule has 0 atom stereocenters. The molecular formula is C17H18ClF3N4O4. The molecule has 158 valence electrons. The Morgan fingerprint density at radius 2 is 1.90 bits per heavy atom. The Balaban J connectivity index is 2.48. The number of nitrogens with zero attached hydrogens (tertiary/aromatic N) is 3. The number of halogens is 4. The molecule has 0 spiro atoms. The van der Waals surface area contributed by atoms with Gasteiger partial charge in [-0.15, -0.1) is 0 Å². The fraction of sp³-hybridized carbons (Fsp3) is 0.412. The summed E-state index contributed by atoms with van der Waals surface area (Å²) in [4.78, 5) is 27.7. The Hall–Kier alpha value is -2.82. The SMILES string of the molecule is CCOC(=O)c1cnn(-c2ccc(Cl)c(NC(=O)OC(C)(C)C)n2)c1C(F)(F)F. The monoisotopic (exact) mass is 434 g/mol. The summed E-state index contributed by atoms with van der Waals surface area (Å²) in [6, 6.07) is 2.38. The number of hydrogen-bond donors (Lipinski definition) is 1. The molecule has 29 heavy (non-hydrogen) atoms. The van der Waals surface area contributed by atoms with Crippen molar-refractivity contribution in [3.05, 3.63) is 34.6 Å². The van der Waals surface area contributed by atoms with Gasteiger partial charge < -0.3 is 9.47 Å². The van der Waals surface area contributed by atoms with Crippen LogP contribution < -0.4 is 5.32 Å². The molecule has 2 aromatic heterocycles. The number of pyridine rings is 1. The quantitative estimate of drug-likeness (QED) is 0.714. The van der Waals surface area contributed by atoms with Gasteiger partial charge in [-0.05, 0) is 39.8 Å². The summed E-state index contributed by atoms with van der Waals surface area (Å²) in [7, 11) is 0. The highest BCUT2D eigenvalue weighted by molar-refractivity contribution is 6.33. The predicted octanol–water partition coefficient (Wildman–Crippen LogP) is 4.46. The van der Waals surface area contributed by atoms with Gasteiger partial charge >= 0.3 is 18.2 Å². The van der Waals surface area contributed by atoms with Gasteiger partial charge in [0.1, 0.15) is 11.2 Å². The van der Waals surface area contributed by atoms with E-state index in [4.69, 9.17) is 16.3 Å². The Labute approximate surface area is 168 Å². The van der Waals surface area contributed by atoms with E-state index in [0.717, 1.165) is 12.3 Å². The Bertz CT molecular complexity index is 922. The molecule has 12 heteroatoms. The molecule has 0 saturated carbocycles. The van der Waals surface area contributed by atoms with E-state index < -0.39 is 35.1 Å². The highest BCUT2D eigenvalue weighted by Crippen LogP contribution is 2.34. The van der Waals surface area contributed by atoms with Crippen LogP contribution in [-0.2, 0) is 15.7 Å². The number of esters is 1. The summed E-state index contributed by atoms with van der Waals surface area (Å²) in [5, 5.41) is 5.84. The minimum atomic E-state index is -4.93. The highest BCUT2D eigenvalue weighted by Gasteiger charge is 2.41. The minimum absolute atomic E-state index is 0.0362. The molecule has 0 fully saturated rings. The molecule has 0 unspecified atom stereocenters. The van der Waals surface area contributed by atoms with Crippen LogP contribution in [0.3, 0.4) is 0 Å². The van der Waals surface area contributed by atoms with E-state index in [2.05, 4.69) is 20.1 Å². The summed E-state index contributed by atoms with van der Waals surface area (Å²) in [5.41, 5.74) is -2.94. The second kappa shape index (κ2) is 8.27. The number of amides is 1. The fourth-order valence-electron chi connectivity index (χ4n) is 2.19. The summed E-state index contributed by atoms with van der Waals surface area (Å²) < 4.78 is 50.9. The number of carbonyl (C=O) groups excluding carboxylic acids is 2. The smallest absolute Gasteiger partial charge is 0.434 e. The maximum atomic E-state index is 13.6. The van der Waals surface area contributed by atoms with E-state index >= 15 is 0 Å². The van der Waals surface area contributed by atoms with Crippen LogP contribution in [0.4, 0.5) is 23.8 Å². The van der Waals surface area contributed by atoms with Crippen LogP contribution in [-0.4, -0.2) is 39.0 Å². The van der Waals surface area contributed by atoms with E-state index in [0.29, 0.717) is 4.68 Å². The van der Waals surface area contributed by atoms with E-state index in [1.165, 1.54) is 13.0 Å². The van der Waals surface area contributed by atoms with E-state index in [-0.39, 0.29) is 23.3 Å². The molecule has 0 saturated heterocycles. The Kier molecular flexibility index (Phi) is 6.41. The van der Waals surface area contributed by atoms with Crippen LogP contribution in [0.15, 0.2) is 18.3 Å². The van der Waals surface area contributed by atoms with Crippen molar-refractivity contribution in [3.8, 4) is 5.82 Å². The van der Waals surface area contributed by atoms with Crippen molar-refractivity contribution in [2.24, 2.45) is 0 Å². The molecule has 0 bridgehead atoms. The van der Waals surface area contributed by atoms with Gasteiger partial charge in [-0.3, -0.25) is 5.32 Å². The Morgan fingerprint density at radius 1 is 1.24 bits per heavy atom. The Morgan fingerprint density at radius 3 is 2.45 bits per heavy atom. The summed E-state index contributed by atoms with van der Waals surface area (Å²) in [5.74, 6) is -1.74. The average molecular weight is 435 g/mol. The molecule has 2 heterocycles. The first-order valence-corrected chi connectivity index (χ1v) is 8.70. The number of carbonyl (C=O) groups is 2. The maximum Gasteiger partial charge on any atom is 0.434 e. The number of rotatable bonds is 4. The number of ether oxygens (including phenoxy) is 2. The molecular weight excluding hydrogens is 417 g/mol. The molecule has 1 N–H and O–H groups in total. The zero-order valence-electron chi connectivity index (χ0n) is 15.9. The first kappa shape index (κ1) is 22.5. The standard InChI is InChI=1S/C17H18ClF3N4O4/c1-5-28-14(26)9-8-22-25(12(9)17(19,20)21)11-7-6-10(18)13(23-11)24-15(27)29-16(2,3)4/h6-8H,5H2,1-4H3,(H,23,24,27). The number of anilines is 1. The lowest BCUT2D eigenvalue weighted by atomic mass is 10.2. The first-order valence-electron chi connectivity index (χ1n) is 8.32. The van der Waals surface area contributed by atoms with Crippen LogP contribution in [0.1, 0.15) is 43.7 Å².